The van der Waals surface area contributed by atoms with E-state index in [2.05, 4.69) is 10.2 Å². The Balaban J connectivity index is 1.69. The second-order valence-electron chi connectivity index (χ2n) is 5.74. The molecule has 1 aromatic carbocycles. The molecule has 0 aromatic heterocycles. The fourth-order valence-electron chi connectivity index (χ4n) is 2.44. The van der Waals surface area contributed by atoms with E-state index in [0.29, 0.717) is 30.3 Å². The number of rotatable bonds is 8. The van der Waals surface area contributed by atoms with Crippen LogP contribution in [0.3, 0.4) is 0 Å². The minimum atomic E-state index is -3.37. The van der Waals surface area contributed by atoms with Crippen LogP contribution in [-0.2, 0) is 25.1 Å². The molecule has 1 amide bonds. The number of hydrogen-bond acceptors (Lipinski definition) is 5. The van der Waals surface area contributed by atoms with Crippen LogP contribution < -0.4 is 5.32 Å². The molecule has 134 valence electrons. The molecule has 1 aliphatic rings. The zero-order chi connectivity index (χ0) is 17.4. The van der Waals surface area contributed by atoms with E-state index < -0.39 is 9.84 Å². The standard InChI is InChI=1S/C16H23ClN2O4S/c17-15-4-2-1-3-14(15)13-24(21,22)12-5-16(20)18-6-7-19-8-10-23-11-9-19/h1-4H,5-13H2,(H,18,20). The zero-order valence-corrected chi connectivity index (χ0v) is 15.1. The monoisotopic (exact) mass is 374 g/mol. The Bertz CT molecular complexity index is 645. The average Bonchev–Trinajstić information content (AvgIpc) is 2.56. The van der Waals surface area contributed by atoms with Gasteiger partial charge in [0.05, 0.1) is 24.7 Å². The van der Waals surface area contributed by atoms with Crippen LogP contribution in [0.15, 0.2) is 24.3 Å². The van der Waals surface area contributed by atoms with Gasteiger partial charge in [-0.2, -0.15) is 0 Å². The van der Waals surface area contributed by atoms with Gasteiger partial charge in [-0.05, 0) is 11.6 Å². The van der Waals surface area contributed by atoms with Gasteiger partial charge in [0.2, 0.25) is 5.91 Å². The highest BCUT2D eigenvalue weighted by Crippen LogP contribution is 2.18. The van der Waals surface area contributed by atoms with E-state index in [-0.39, 0.29) is 23.8 Å². The highest BCUT2D eigenvalue weighted by molar-refractivity contribution is 7.90. The topological polar surface area (TPSA) is 75.7 Å². The van der Waals surface area contributed by atoms with E-state index in [1.165, 1.54) is 0 Å². The summed E-state index contributed by atoms with van der Waals surface area (Å²) in [5.74, 6) is -0.569. The molecule has 0 bridgehead atoms. The molecule has 0 saturated carbocycles. The first-order chi connectivity index (χ1) is 11.5. The number of halogens is 1. The maximum atomic E-state index is 12.1. The normalized spacial score (nSPS) is 16.0. The molecule has 0 unspecified atom stereocenters. The van der Waals surface area contributed by atoms with Gasteiger partial charge in [-0.3, -0.25) is 9.69 Å². The number of sulfone groups is 1. The van der Waals surface area contributed by atoms with Crippen molar-refractivity contribution in [1.82, 2.24) is 10.2 Å². The van der Waals surface area contributed by atoms with Gasteiger partial charge >= 0.3 is 0 Å². The Morgan fingerprint density at radius 3 is 2.67 bits per heavy atom. The molecule has 1 aliphatic heterocycles. The molecule has 2 rings (SSSR count). The lowest BCUT2D eigenvalue weighted by atomic mass is 10.2. The lowest BCUT2D eigenvalue weighted by molar-refractivity contribution is -0.120. The van der Waals surface area contributed by atoms with Gasteiger partial charge in [0.15, 0.2) is 9.84 Å². The van der Waals surface area contributed by atoms with Crippen molar-refractivity contribution in [1.29, 1.82) is 0 Å². The van der Waals surface area contributed by atoms with Gasteiger partial charge in [0.1, 0.15) is 0 Å². The summed E-state index contributed by atoms with van der Waals surface area (Å²) in [6.07, 6.45) is -0.0318. The smallest absolute Gasteiger partial charge is 0.221 e. The number of morpholine rings is 1. The molecule has 1 aromatic rings. The summed E-state index contributed by atoms with van der Waals surface area (Å²) >= 11 is 5.98. The molecular formula is C16H23ClN2O4S. The number of nitrogens with zero attached hydrogens (tertiary/aromatic N) is 1. The summed E-state index contributed by atoms with van der Waals surface area (Å²) in [7, 11) is -3.37. The Hall–Kier alpha value is -1.15. The fraction of sp³-hybridized carbons (Fsp3) is 0.562. The molecule has 0 radical (unpaired) electrons. The van der Waals surface area contributed by atoms with E-state index in [1.807, 2.05) is 0 Å². The van der Waals surface area contributed by atoms with Crippen molar-refractivity contribution >= 4 is 27.3 Å². The van der Waals surface area contributed by atoms with Crippen molar-refractivity contribution in [3.05, 3.63) is 34.9 Å². The number of benzene rings is 1. The lowest BCUT2D eigenvalue weighted by Gasteiger charge is -2.26. The molecule has 8 heteroatoms. The number of ether oxygens (including phenoxy) is 1. The van der Waals surface area contributed by atoms with Crippen LogP contribution in [0.2, 0.25) is 5.02 Å². The number of carbonyl (C=O) groups excluding carboxylic acids is 1. The van der Waals surface area contributed by atoms with Gasteiger partial charge in [-0.15, -0.1) is 0 Å². The molecule has 1 N–H and O–H groups in total. The average molecular weight is 375 g/mol. The largest absolute Gasteiger partial charge is 0.379 e. The van der Waals surface area contributed by atoms with Crippen LogP contribution in [-0.4, -0.2) is 64.4 Å². The van der Waals surface area contributed by atoms with Gasteiger partial charge in [-0.1, -0.05) is 29.8 Å². The maximum absolute atomic E-state index is 12.1. The number of hydrogen-bond donors (Lipinski definition) is 1. The first-order valence-electron chi connectivity index (χ1n) is 7.97. The second-order valence-corrected chi connectivity index (χ2v) is 8.33. The van der Waals surface area contributed by atoms with E-state index >= 15 is 0 Å². The minimum Gasteiger partial charge on any atom is -0.379 e. The third-order valence-electron chi connectivity index (χ3n) is 3.83. The van der Waals surface area contributed by atoms with Crippen LogP contribution in [0.1, 0.15) is 12.0 Å². The highest BCUT2D eigenvalue weighted by Gasteiger charge is 2.16. The van der Waals surface area contributed by atoms with Crippen LogP contribution in [0, 0.1) is 0 Å². The van der Waals surface area contributed by atoms with E-state index in [9.17, 15) is 13.2 Å². The third kappa shape index (κ3) is 6.76. The Kier molecular flexibility index (Phi) is 7.48. The van der Waals surface area contributed by atoms with Crippen molar-refractivity contribution in [2.24, 2.45) is 0 Å². The van der Waals surface area contributed by atoms with Crippen LogP contribution in [0.5, 0.6) is 0 Å². The van der Waals surface area contributed by atoms with Gasteiger partial charge in [0, 0.05) is 37.6 Å². The number of amides is 1. The fourth-order valence-corrected chi connectivity index (χ4v) is 4.09. The molecule has 0 aliphatic carbocycles. The quantitative estimate of drug-likeness (QED) is 0.737. The van der Waals surface area contributed by atoms with Gasteiger partial charge in [-0.25, -0.2) is 8.42 Å². The predicted octanol–water partition coefficient (Wildman–Crippen LogP) is 1.09. The van der Waals surface area contributed by atoms with Crippen LogP contribution in [0.4, 0.5) is 0 Å². The maximum Gasteiger partial charge on any atom is 0.221 e. The number of nitrogens with one attached hydrogen (secondary N) is 1. The van der Waals surface area contributed by atoms with Gasteiger partial charge in [0.25, 0.3) is 0 Å². The first kappa shape index (κ1) is 19.2. The van der Waals surface area contributed by atoms with Crippen LogP contribution in [0.25, 0.3) is 0 Å². The van der Waals surface area contributed by atoms with Crippen LogP contribution >= 0.6 is 11.6 Å². The number of carbonyl (C=O) groups is 1. The van der Waals surface area contributed by atoms with E-state index in [4.69, 9.17) is 16.3 Å². The minimum absolute atomic E-state index is 0.0318. The van der Waals surface area contributed by atoms with Crippen molar-refractivity contribution in [2.75, 3.05) is 45.1 Å². The van der Waals surface area contributed by atoms with Gasteiger partial charge < -0.3 is 10.1 Å². The molecule has 1 heterocycles. The highest BCUT2D eigenvalue weighted by atomic mass is 35.5. The summed E-state index contributed by atoms with van der Waals surface area (Å²) in [5, 5.41) is 3.19. The second kappa shape index (κ2) is 9.36. The van der Waals surface area contributed by atoms with Crippen molar-refractivity contribution in [3.63, 3.8) is 0 Å². The third-order valence-corrected chi connectivity index (χ3v) is 5.77. The van der Waals surface area contributed by atoms with E-state index in [1.54, 1.807) is 24.3 Å². The molecule has 1 saturated heterocycles. The summed E-state index contributed by atoms with van der Waals surface area (Å²) < 4.78 is 29.5. The molecule has 0 atom stereocenters. The summed E-state index contributed by atoms with van der Waals surface area (Å²) in [5.41, 5.74) is 0.562. The molecule has 0 spiro atoms. The van der Waals surface area contributed by atoms with Crippen molar-refractivity contribution in [2.45, 2.75) is 12.2 Å². The Labute approximate surface area is 148 Å². The first-order valence-corrected chi connectivity index (χ1v) is 10.2. The predicted molar refractivity (Wildman–Crippen MR) is 93.8 cm³/mol. The summed E-state index contributed by atoms with van der Waals surface area (Å²) in [6, 6.07) is 6.84. The zero-order valence-electron chi connectivity index (χ0n) is 13.5. The SMILES string of the molecule is O=C(CCS(=O)(=O)Cc1ccccc1Cl)NCCN1CCOCC1. The van der Waals surface area contributed by atoms with E-state index in [0.717, 1.165) is 19.6 Å². The molecule has 6 nitrogen and oxygen atoms in total. The lowest BCUT2D eigenvalue weighted by Crippen LogP contribution is -2.41. The Morgan fingerprint density at radius 1 is 1.25 bits per heavy atom. The molecule has 1 fully saturated rings. The molecule has 24 heavy (non-hydrogen) atoms. The van der Waals surface area contributed by atoms with Crippen molar-refractivity contribution in [3.8, 4) is 0 Å². The summed E-state index contributed by atoms with van der Waals surface area (Å²) in [6.45, 7) is 4.43. The molecular weight excluding hydrogens is 352 g/mol. The summed E-state index contributed by atoms with van der Waals surface area (Å²) in [4.78, 5) is 14.0. The Morgan fingerprint density at radius 2 is 1.96 bits per heavy atom. The van der Waals surface area contributed by atoms with Crippen molar-refractivity contribution < 1.29 is 17.9 Å².